The van der Waals surface area contributed by atoms with E-state index in [2.05, 4.69) is 28.1 Å². The van der Waals surface area contributed by atoms with E-state index in [0.717, 1.165) is 11.4 Å². The highest BCUT2D eigenvalue weighted by Gasteiger charge is 2.32. The molecule has 1 aliphatic heterocycles. The highest BCUT2D eigenvalue weighted by Crippen LogP contribution is 2.35. The van der Waals surface area contributed by atoms with Crippen molar-refractivity contribution in [2.45, 2.75) is 18.6 Å². The predicted octanol–water partition coefficient (Wildman–Crippen LogP) is 2.27. The molecule has 1 aromatic carbocycles. The lowest BCUT2D eigenvalue weighted by atomic mass is 10.0. The lowest BCUT2D eigenvalue weighted by Gasteiger charge is -2.25. The van der Waals surface area contributed by atoms with Gasteiger partial charge >= 0.3 is 0 Å². The number of hydrogen-bond donors (Lipinski definition) is 1. The van der Waals surface area contributed by atoms with Crippen LogP contribution in [0.2, 0.25) is 0 Å². The van der Waals surface area contributed by atoms with Crippen LogP contribution in [-0.2, 0) is 0 Å². The van der Waals surface area contributed by atoms with E-state index in [4.69, 9.17) is 5.26 Å². The van der Waals surface area contributed by atoms with Crippen molar-refractivity contribution < 1.29 is 5.11 Å². The van der Waals surface area contributed by atoms with Gasteiger partial charge in [-0.3, -0.25) is 0 Å². The Morgan fingerprint density at radius 3 is 2.70 bits per heavy atom. The van der Waals surface area contributed by atoms with E-state index in [1.807, 2.05) is 30.3 Å². The summed E-state index contributed by atoms with van der Waals surface area (Å²) >= 11 is 0. The van der Waals surface area contributed by atoms with Gasteiger partial charge in [-0.15, -0.1) is 0 Å². The molecule has 1 saturated heterocycles. The Labute approximate surface area is 117 Å². The van der Waals surface area contributed by atoms with Crippen LogP contribution in [0.1, 0.15) is 23.7 Å². The van der Waals surface area contributed by atoms with Gasteiger partial charge in [0.25, 0.3) is 0 Å². The summed E-state index contributed by atoms with van der Waals surface area (Å²) in [6.07, 6.45) is 0.315. The molecule has 2 atom stereocenters. The molecule has 3 rings (SSSR count). The van der Waals surface area contributed by atoms with Crippen molar-refractivity contribution in [3.63, 3.8) is 0 Å². The molecule has 0 amide bonds. The van der Waals surface area contributed by atoms with Crippen LogP contribution in [0, 0.1) is 11.3 Å². The van der Waals surface area contributed by atoms with Crippen LogP contribution < -0.4 is 4.90 Å². The zero-order chi connectivity index (χ0) is 13.9. The molecule has 1 aliphatic rings. The fourth-order valence-electron chi connectivity index (χ4n) is 2.70. The molecule has 20 heavy (non-hydrogen) atoms. The van der Waals surface area contributed by atoms with Crippen LogP contribution >= 0.6 is 0 Å². The third kappa shape index (κ3) is 2.36. The highest BCUT2D eigenvalue weighted by molar-refractivity contribution is 5.46. The second-order valence-electron chi connectivity index (χ2n) is 4.96. The topological polar surface area (TPSA) is 60.2 Å². The van der Waals surface area contributed by atoms with E-state index in [1.54, 1.807) is 6.07 Å². The van der Waals surface area contributed by atoms with E-state index in [-0.39, 0.29) is 12.1 Å². The Hall–Kier alpha value is -2.38. The number of aromatic nitrogens is 1. The Bertz CT molecular complexity index is 636. The minimum Gasteiger partial charge on any atom is -0.391 e. The average molecular weight is 265 g/mol. The second kappa shape index (κ2) is 5.32. The number of rotatable bonds is 2. The van der Waals surface area contributed by atoms with Crippen LogP contribution in [0.4, 0.5) is 5.82 Å². The smallest absolute Gasteiger partial charge is 0.142 e. The number of anilines is 1. The van der Waals surface area contributed by atoms with Crippen LogP contribution in [0.3, 0.4) is 0 Å². The summed E-state index contributed by atoms with van der Waals surface area (Å²) in [5.41, 5.74) is 1.56. The number of aliphatic hydroxyl groups is 1. The summed E-state index contributed by atoms with van der Waals surface area (Å²) in [6.45, 7) is 0.543. The molecule has 0 bridgehead atoms. The fraction of sp³-hybridized carbons (Fsp3) is 0.250. The maximum atomic E-state index is 9.98. The summed E-state index contributed by atoms with van der Waals surface area (Å²) in [5, 5.41) is 18.9. The Kier molecular flexibility index (Phi) is 3.36. The van der Waals surface area contributed by atoms with E-state index in [9.17, 15) is 5.11 Å². The molecule has 0 unspecified atom stereocenters. The number of pyridine rings is 1. The van der Waals surface area contributed by atoms with Crippen LogP contribution in [0.15, 0.2) is 48.5 Å². The maximum absolute atomic E-state index is 9.98. The molecule has 0 saturated carbocycles. The molecule has 100 valence electrons. The number of nitrogens with zero attached hydrogens (tertiary/aromatic N) is 3. The molecule has 2 heterocycles. The van der Waals surface area contributed by atoms with Gasteiger partial charge in [0, 0.05) is 6.54 Å². The molecule has 0 aliphatic carbocycles. The molecule has 0 radical (unpaired) electrons. The molecule has 1 N–H and O–H groups in total. The van der Waals surface area contributed by atoms with E-state index in [0.29, 0.717) is 18.7 Å². The molecular formula is C16H15N3O. The summed E-state index contributed by atoms with van der Waals surface area (Å²) in [5.74, 6) is 0.745. The molecule has 2 aromatic rings. The maximum Gasteiger partial charge on any atom is 0.142 e. The van der Waals surface area contributed by atoms with Gasteiger partial charge in [-0.25, -0.2) is 4.98 Å². The summed E-state index contributed by atoms with van der Waals surface area (Å²) < 4.78 is 0. The van der Waals surface area contributed by atoms with Gasteiger partial charge in [0.15, 0.2) is 0 Å². The lowest BCUT2D eigenvalue weighted by Crippen LogP contribution is -2.25. The largest absolute Gasteiger partial charge is 0.391 e. The monoisotopic (exact) mass is 265 g/mol. The van der Waals surface area contributed by atoms with Crippen molar-refractivity contribution in [1.82, 2.24) is 4.98 Å². The van der Waals surface area contributed by atoms with Gasteiger partial charge in [-0.2, -0.15) is 5.26 Å². The van der Waals surface area contributed by atoms with E-state index < -0.39 is 0 Å². The minimum absolute atomic E-state index is 0.104. The summed E-state index contributed by atoms with van der Waals surface area (Å²) in [7, 11) is 0. The van der Waals surface area contributed by atoms with Crippen LogP contribution in [0.5, 0.6) is 0 Å². The number of benzene rings is 1. The summed E-state index contributed by atoms with van der Waals surface area (Å²) in [6, 6.07) is 17.7. The third-order valence-corrected chi connectivity index (χ3v) is 3.61. The van der Waals surface area contributed by atoms with Crippen LogP contribution in [0.25, 0.3) is 0 Å². The molecule has 0 spiro atoms. The van der Waals surface area contributed by atoms with Gasteiger partial charge < -0.3 is 10.0 Å². The first-order valence-electron chi connectivity index (χ1n) is 6.65. The molecule has 4 heteroatoms. The zero-order valence-electron chi connectivity index (χ0n) is 11.0. The Balaban J connectivity index is 1.96. The van der Waals surface area contributed by atoms with Crippen LogP contribution in [-0.4, -0.2) is 22.7 Å². The van der Waals surface area contributed by atoms with Gasteiger partial charge in [-0.1, -0.05) is 36.4 Å². The zero-order valence-corrected chi connectivity index (χ0v) is 11.0. The standard InChI is InChI=1S/C16H15N3O/c17-10-13-7-4-8-16(18-13)19-11-14(20)9-15(19)12-5-2-1-3-6-12/h1-8,14-15,20H,9,11H2/t14-,15-/m1/s1. The Morgan fingerprint density at radius 2 is 1.95 bits per heavy atom. The van der Waals surface area contributed by atoms with Gasteiger partial charge in [0.2, 0.25) is 0 Å². The molecule has 1 aromatic heterocycles. The second-order valence-corrected chi connectivity index (χ2v) is 4.96. The quantitative estimate of drug-likeness (QED) is 0.904. The van der Waals surface area contributed by atoms with Gasteiger partial charge in [0.05, 0.1) is 12.1 Å². The van der Waals surface area contributed by atoms with Crippen molar-refractivity contribution in [1.29, 1.82) is 5.26 Å². The van der Waals surface area contributed by atoms with Crippen molar-refractivity contribution in [3.05, 3.63) is 59.8 Å². The number of nitriles is 1. The molecular weight excluding hydrogens is 250 g/mol. The van der Waals surface area contributed by atoms with Gasteiger partial charge in [-0.05, 0) is 24.1 Å². The Morgan fingerprint density at radius 1 is 1.15 bits per heavy atom. The predicted molar refractivity (Wildman–Crippen MR) is 76.1 cm³/mol. The number of β-amino-alcohol motifs (C(OH)–C–C–N with tert-alkyl or cyclic N) is 1. The normalized spacial score (nSPS) is 21.7. The first-order valence-corrected chi connectivity index (χ1v) is 6.65. The first-order chi connectivity index (χ1) is 9.78. The highest BCUT2D eigenvalue weighted by atomic mass is 16.3. The van der Waals surface area contributed by atoms with Crippen molar-refractivity contribution >= 4 is 5.82 Å². The molecule has 1 fully saturated rings. The number of hydrogen-bond acceptors (Lipinski definition) is 4. The number of aliphatic hydroxyl groups excluding tert-OH is 1. The lowest BCUT2D eigenvalue weighted by molar-refractivity contribution is 0.194. The average Bonchev–Trinajstić information content (AvgIpc) is 2.90. The van der Waals surface area contributed by atoms with E-state index >= 15 is 0 Å². The third-order valence-electron chi connectivity index (χ3n) is 3.61. The molecule has 4 nitrogen and oxygen atoms in total. The van der Waals surface area contributed by atoms with Crippen molar-refractivity contribution in [2.75, 3.05) is 11.4 Å². The van der Waals surface area contributed by atoms with Crippen molar-refractivity contribution in [2.24, 2.45) is 0 Å². The SMILES string of the molecule is N#Cc1cccc(N2C[C@H](O)C[C@@H]2c2ccccc2)n1. The van der Waals surface area contributed by atoms with E-state index in [1.165, 1.54) is 0 Å². The fourth-order valence-corrected chi connectivity index (χ4v) is 2.70. The van der Waals surface area contributed by atoms with Crippen molar-refractivity contribution in [3.8, 4) is 6.07 Å². The van der Waals surface area contributed by atoms with Gasteiger partial charge in [0.1, 0.15) is 17.6 Å². The summed E-state index contributed by atoms with van der Waals surface area (Å²) in [4.78, 5) is 6.41. The minimum atomic E-state index is -0.368. The first kappa shape index (κ1) is 12.6.